The predicted molar refractivity (Wildman–Crippen MR) is 68.3 cm³/mol. The second-order valence-corrected chi connectivity index (χ2v) is 4.75. The molecule has 0 spiro atoms. The molecule has 0 radical (unpaired) electrons. The maximum Gasteiger partial charge on any atom is 0.165 e. The summed E-state index contributed by atoms with van der Waals surface area (Å²) in [7, 11) is 1.48. The van der Waals surface area contributed by atoms with Gasteiger partial charge in [0, 0.05) is 18.7 Å². The summed E-state index contributed by atoms with van der Waals surface area (Å²) >= 11 is 0. The SMILES string of the molecule is COc1cc(C(C)NC2CCOC2C)ccc1F. The smallest absolute Gasteiger partial charge is 0.165 e. The fourth-order valence-electron chi connectivity index (χ4n) is 2.31. The molecular weight excluding hydrogens is 233 g/mol. The molecule has 100 valence electrons. The van der Waals surface area contributed by atoms with Crippen molar-refractivity contribution in [3.05, 3.63) is 29.6 Å². The molecule has 0 amide bonds. The summed E-state index contributed by atoms with van der Waals surface area (Å²) < 4.78 is 23.9. The molecule has 3 nitrogen and oxygen atoms in total. The molecule has 0 bridgehead atoms. The summed E-state index contributed by atoms with van der Waals surface area (Å²) in [6.07, 6.45) is 1.25. The van der Waals surface area contributed by atoms with Crippen molar-refractivity contribution in [2.24, 2.45) is 0 Å². The molecule has 1 aliphatic heterocycles. The van der Waals surface area contributed by atoms with Crippen LogP contribution < -0.4 is 10.1 Å². The van der Waals surface area contributed by atoms with Crippen molar-refractivity contribution in [2.75, 3.05) is 13.7 Å². The zero-order chi connectivity index (χ0) is 13.1. The summed E-state index contributed by atoms with van der Waals surface area (Å²) in [6, 6.07) is 5.48. The van der Waals surface area contributed by atoms with E-state index in [4.69, 9.17) is 9.47 Å². The molecule has 1 aromatic rings. The minimum Gasteiger partial charge on any atom is -0.494 e. The average molecular weight is 253 g/mol. The van der Waals surface area contributed by atoms with Crippen molar-refractivity contribution in [1.29, 1.82) is 0 Å². The fraction of sp³-hybridized carbons (Fsp3) is 0.571. The van der Waals surface area contributed by atoms with Crippen LogP contribution in [0.2, 0.25) is 0 Å². The second kappa shape index (κ2) is 5.67. The Morgan fingerprint density at radius 3 is 2.89 bits per heavy atom. The van der Waals surface area contributed by atoms with Crippen molar-refractivity contribution >= 4 is 0 Å². The largest absolute Gasteiger partial charge is 0.494 e. The first kappa shape index (κ1) is 13.3. The van der Waals surface area contributed by atoms with Gasteiger partial charge in [-0.1, -0.05) is 6.07 Å². The van der Waals surface area contributed by atoms with E-state index in [9.17, 15) is 4.39 Å². The number of hydrogen-bond acceptors (Lipinski definition) is 3. The maximum absolute atomic E-state index is 13.3. The van der Waals surface area contributed by atoms with Crippen molar-refractivity contribution in [2.45, 2.75) is 38.5 Å². The van der Waals surface area contributed by atoms with E-state index in [-0.39, 0.29) is 23.7 Å². The molecule has 0 aromatic heterocycles. The third kappa shape index (κ3) is 2.82. The molecule has 18 heavy (non-hydrogen) atoms. The molecule has 3 atom stereocenters. The minimum atomic E-state index is -0.328. The highest BCUT2D eigenvalue weighted by Crippen LogP contribution is 2.24. The van der Waals surface area contributed by atoms with Crippen molar-refractivity contribution in [3.8, 4) is 5.75 Å². The van der Waals surface area contributed by atoms with Gasteiger partial charge >= 0.3 is 0 Å². The second-order valence-electron chi connectivity index (χ2n) is 4.75. The zero-order valence-electron chi connectivity index (χ0n) is 11.1. The Morgan fingerprint density at radius 2 is 2.28 bits per heavy atom. The highest BCUT2D eigenvalue weighted by atomic mass is 19.1. The van der Waals surface area contributed by atoms with Gasteiger partial charge in [0.2, 0.25) is 0 Å². The number of rotatable bonds is 4. The molecule has 3 unspecified atom stereocenters. The zero-order valence-corrected chi connectivity index (χ0v) is 11.1. The third-order valence-corrected chi connectivity index (χ3v) is 3.52. The van der Waals surface area contributed by atoms with Crippen LogP contribution in [0.4, 0.5) is 4.39 Å². The summed E-state index contributed by atoms with van der Waals surface area (Å²) in [5, 5.41) is 3.51. The topological polar surface area (TPSA) is 30.5 Å². The van der Waals surface area contributed by atoms with Gasteiger partial charge in [0.25, 0.3) is 0 Å². The molecule has 0 saturated carbocycles. The van der Waals surface area contributed by atoms with Gasteiger partial charge in [0.1, 0.15) is 0 Å². The van der Waals surface area contributed by atoms with Crippen LogP contribution >= 0.6 is 0 Å². The van der Waals surface area contributed by atoms with Gasteiger partial charge in [-0.3, -0.25) is 0 Å². The number of hydrogen-bond donors (Lipinski definition) is 1. The maximum atomic E-state index is 13.3. The molecule has 1 N–H and O–H groups in total. The lowest BCUT2D eigenvalue weighted by Gasteiger charge is -2.22. The molecule has 1 heterocycles. The molecule has 2 rings (SSSR count). The number of halogens is 1. The summed E-state index contributed by atoms with van der Waals surface area (Å²) in [5.41, 5.74) is 1.02. The van der Waals surface area contributed by atoms with Crippen LogP contribution in [0.3, 0.4) is 0 Å². The Hall–Kier alpha value is -1.13. The molecule has 4 heteroatoms. The Balaban J connectivity index is 2.06. The number of nitrogens with one attached hydrogen (secondary N) is 1. The van der Waals surface area contributed by atoms with Crippen LogP contribution in [0, 0.1) is 5.82 Å². The van der Waals surface area contributed by atoms with Gasteiger partial charge < -0.3 is 14.8 Å². The minimum absolute atomic E-state index is 0.147. The van der Waals surface area contributed by atoms with E-state index in [1.807, 2.05) is 0 Å². The molecule has 0 aliphatic carbocycles. The van der Waals surface area contributed by atoms with Crippen LogP contribution in [0.25, 0.3) is 0 Å². The normalized spacial score (nSPS) is 25.1. The van der Waals surface area contributed by atoms with E-state index in [2.05, 4.69) is 19.2 Å². The predicted octanol–water partition coefficient (Wildman–Crippen LogP) is 2.66. The van der Waals surface area contributed by atoms with Crippen molar-refractivity contribution in [3.63, 3.8) is 0 Å². The third-order valence-electron chi connectivity index (χ3n) is 3.52. The van der Waals surface area contributed by atoms with E-state index in [1.165, 1.54) is 13.2 Å². The lowest BCUT2D eigenvalue weighted by Crippen LogP contribution is -2.36. The Labute approximate surface area is 107 Å². The number of ether oxygens (including phenoxy) is 2. The lowest BCUT2D eigenvalue weighted by atomic mass is 10.0. The summed E-state index contributed by atoms with van der Waals surface area (Å²) in [5.74, 6) is -0.0390. The Morgan fingerprint density at radius 1 is 1.50 bits per heavy atom. The molecule has 1 aliphatic rings. The average Bonchev–Trinajstić information content (AvgIpc) is 2.75. The van der Waals surface area contributed by atoms with Crippen LogP contribution in [-0.2, 0) is 4.74 Å². The Bertz CT molecular complexity index is 411. The standard InChI is InChI=1S/C14H20FNO2/c1-9(16-13-6-7-18-10(13)2)11-4-5-12(15)14(8-11)17-3/h4-5,8-10,13,16H,6-7H2,1-3H3. The number of methoxy groups -OCH3 is 1. The van der Waals surface area contributed by atoms with E-state index in [1.54, 1.807) is 12.1 Å². The van der Waals surface area contributed by atoms with Gasteiger partial charge in [-0.25, -0.2) is 4.39 Å². The van der Waals surface area contributed by atoms with Gasteiger partial charge in [-0.05, 0) is 38.0 Å². The first-order valence-electron chi connectivity index (χ1n) is 6.33. The van der Waals surface area contributed by atoms with Crippen LogP contribution in [0.1, 0.15) is 31.9 Å². The first-order chi connectivity index (χ1) is 8.61. The van der Waals surface area contributed by atoms with Gasteiger partial charge in [0.05, 0.1) is 13.2 Å². The van der Waals surface area contributed by atoms with Gasteiger partial charge in [-0.2, -0.15) is 0 Å². The number of benzene rings is 1. The van der Waals surface area contributed by atoms with Crippen molar-refractivity contribution in [1.82, 2.24) is 5.32 Å². The van der Waals surface area contributed by atoms with Crippen LogP contribution in [0.5, 0.6) is 5.75 Å². The lowest BCUT2D eigenvalue weighted by molar-refractivity contribution is 0.111. The highest BCUT2D eigenvalue weighted by Gasteiger charge is 2.25. The van der Waals surface area contributed by atoms with E-state index in [0.29, 0.717) is 6.04 Å². The van der Waals surface area contributed by atoms with Gasteiger partial charge in [-0.15, -0.1) is 0 Å². The van der Waals surface area contributed by atoms with E-state index >= 15 is 0 Å². The fourth-order valence-corrected chi connectivity index (χ4v) is 2.31. The highest BCUT2D eigenvalue weighted by molar-refractivity contribution is 5.32. The quantitative estimate of drug-likeness (QED) is 0.895. The first-order valence-corrected chi connectivity index (χ1v) is 6.33. The Kier molecular flexibility index (Phi) is 4.19. The van der Waals surface area contributed by atoms with Crippen LogP contribution in [0.15, 0.2) is 18.2 Å². The monoisotopic (exact) mass is 253 g/mol. The molecule has 1 aromatic carbocycles. The summed E-state index contributed by atoms with van der Waals surface area (Å²) in [6.45, 7) is 4.94. The van der Waals surface area contributed by atoms with Crippen LogP contribution in [-0.4, -0.2) is 25.9 Å². The van der Waals surface area contributed by atoms with E-state index < -0.39 is 0 Å². The molecule has 1 saturated heterocycles. The summed E-state index contributed by atoms with van der Waals surface area (Å²) in [4.78, 5) is 0. The van der Waals surface area contributed by atoms with Gasteiger partial charge in [0.15, 0.2) is 11.6 Å². The molecule has 1 fully saturated rings. The van der Waals surface area contributed by atoms with Crippen molar-refractivity contribution < 1.29 is 13.9 Å². The van der Waals surface area contributed by atoms with E-state index in [0.717, 1.165) is 18.6 Å². The molecular formula is C14H20FNO2.